The number of rotatable bonds is 5. The van der Waals surface area contributed by atoms with Gasteiger partial charge in [-0.15, -0.1) is 0 Å². The van der Waals surface area contributed by atoms with Crippen LogP contribution in [0.2, 0.25) is 0 Å². The van der Waals surface area contributed by atoms with Gasteiger partial charge in [-0.05, 0) is 45.8 Å². The van der Waals surface area contributed by atoms with Gasteiger partial charge in [-0.2, -0.15) is 0 Å². The number of hydrogen-bond acceptors (Lipinski definition) is 2. The Balaban J connectivity index is 2.15. The molecule has 0 aromatic heterocycles. The summed E-state index contributed by atoms with van der Waals surface area (Å²) in [5, 5.41) is 3.50. The van der Waals surface area contributed by atoms with E-state index in [4.69, 9.17) is 0 Å². The maximum absolute atomic E-state index is 3.50. The molecule has 2 unspecified atom stereocenters. The summed E-state index contributed by atoms with van der Waals surface area (Å²) >= 11 is 0. The molecule has 1 aliphatic rings. The van der Waals surface area contributed by atoms with Crippen molar-refractivity contribution >= 4 is 0 Å². The topological polar surface area (TPSA) is 15.3 Å². The molecule has 2 atom stereocenters. The fourth-order valence-electron chi connectivity index (χ4n) is 2.08. The lowest BCUT2D eigenvalue weighted by Crippen LogP contribution is -2.32. The van der Waals surface area contributed by atoms with Crippen molar-refractivity contribution in [3.05, 3.63) is 0 Å². The summed E-state index contributed by atoms with van der Waals surface area (Å²) in [6.45, 7) is 8.32. The monoisotopic (exact) mass is 184 g/mol. The summed E-state index contributed by atoms with van der Waals surface area (Å²) in [5.74, 6) is 0.877. The minimum absolute atomic E-state index is 0.726. The predicted molar refractivity (Wildman–Crippen MR) is 58.0 cm³/mol. The molecule has 1 saturated heterocycles. The lowest BCUT2D eigenvalue weighted by atomic mass is 10.0. The van der Waals surface area contributed by atoms with Crippen molar-refractivity contribution in [1.82, 2.24) is 10.2 Å². The van der Waals surface area contributed by atoms with Crippen LogP contribution in [0.1, 0.15) is 33.1 Å². The minimum Gasteiger partial charge on any atom is -0.314 e. The van der Waals surface area contributed by atoms with Crippen molar-refractivity contribution in [1.29, 1.82) is 0 Å². The second kappa shape index (κ2) is 5.61. The van der Waals surface area contributed by atoms with Crippen LogP contribution < -0.4 is 5.32 Å². The molecular weight excluding hydrogens is 160 g/mol. The Hall–Kier alpha value is -0.0800. The van der Waals surface area contributed by atoms with Crippen LogP contribution in [0, 0.1) is 5.92 Å². The van der Waals surface area contributed by atoms with Gasteiger partial charge in [0.05, 0.1) is 0 Å². The van der Waals surface area contributed by atoms with Crippen LogP contribution in [0.3, 0.4) is 0 Å². The summed E-state index contributed by atoms with van der Waals surface area (Å²) in [6, 6.07) is 0.726. The van der Waals surface area contributed by atoms with Gasteiger partial charge in [-0.1, -0.05) is 13.3 Å². The van der Waals surface area contributed by atoms with Gasteiger partial charge >= 0.3 is 0 Å². The predicted octanol–water partition coefficient (Wildman–Crippen LogP) is 1.72. The van der Waals surface area contributed by atoms with Crippen molar-refractivity contribution in [2.75, 3.05) is 26.7 Å². The second-order valence-electron chi connectivity index (χ2n) is 4.41. The lowest BCUT2D eigenvalue weighted by Gasteiger charge is -2.23. The number of unbranched alkanes of at least 4 members (excludes halogenated alkanes) is 1. The van der Waals surface area contributed by atoms with Crippen LogP contribution in [0.5, 0.6) is 0 Å². The Morgan fingerprint density at radius 2 is 2.23 bits per heavy atom. The zero-order valence-electron chi connectivity index (χ0n) is 9.34. The highest BCUT2D eigenvalue weighted by Crippen LogP contribution is 2.15. The molecule has 2 nitrogen and oxygen atoms in total. The van der Waals surface area contributed by atoms with Gasteiger partial charge in [0.15, 0.2) is 0 Å². The van der Waals surface area contributed by atoms with Gasteiger partial charge < -0.3 is 10.2 Å². The first-order valence-corrected chi connectivity index (χ1v) is 5.66. The highest BCUT2D eigenvalue weighted by molar-refractivity contribution is 4.81. The van der Waals surface area contributed by atoms with Gasteiger partial charge in [0.1, 0.15) is 0 Å². The van der Waals surface area contributed by atoms with E-state index in [1.54, 1.807) is 0 Å². The molecule has 0 saturated carbocycles. The summed E-state index contributed by atoms with van der Waals surface area (Å²) < 4.78 is 0. The number of nitrogens with zero attached hydrogens (tertiary/aromatic N) is 1. The third kappa shape index (κ3) is 3.65. The molecule has 1 N–H and O–H groups in total. The number of nitrogens with one attached hydrogen (secondary N) is 1. The third-order valence-electron chi connectivity index (χ3n) is 3.13. The molecule has 0 spiro atoms. The Labute approximate surface area is 82.7 Å². The Morgan fingerprint density at radius 3 is 2.77 bits per heavy atom. The molecule has 1 rings (SSSR count). The van der Waals surface area contributed by atoms with E-state index in [-0.39, 0.29) is 0 Å². The van der Waals surface area contributed by atoms with Crippen LogP contribution >= 0.6 is 0 Å². The van der Waals surface area contributed by atoms with Gasteiger partial charge in [0.25, 0.3) is 0 Å². The Morgan fingerprint density at radius 1 is 1.46 bits per heavy atom. The zero-order valence-corrected chi connectivity index (χ0v) is 9.34. The molecule has 13 heavy (non-hydrogen) atoms. The summed E-state index contributed by atoms with van der Waals surface area (Å²) in [5.41, 5.74) is 0. The number of hydrogen-bond donors (Lipinski definition) is 1. The fraction of sp³-hybridized carbons (Fsp3) is 1.00. The molecule has 78 valence electrons. The molecule has 0 aliphatic carbocycles. The molecule has 0 radical (unpaired) electrons. The van der Waals surface area contributed by atoms with E-state index >= 15 is 0 Å². The molecule has 1 fully saturated rings. The maximum atomic E-state index is 3.50. The van der Waals surface area contributed by atoms with E-state index < -0.39 is 0 Å². The molecule has 0 aromatic carbocycles. The Bertz CT molecular complexity index is 136. The van der Waals surface area contributed by atoms with Gasteiger partial charge in [-0.3, -0.25) is 0 Å². The quantitative estimate of drug-likeness (QED) is 0.700. The van der Waals surface area contributed by atoms with E-state index in [0.717, 1.165) is 12.0 Å². The third-order valence-corrected chi connectivity index (χ3v) is 3.13. The van der Waals surface area contributed by atoms with Crippen LogP contribution in [-0.2, 0) is 0 Å². The van der Waals surface area contributed by atoms with Crippen LogP contribution in [0.15, 0.2) is 0 Å². The van der Waals surface area contributed by atoms with Crippen molar-refractivity contribution in [2.45, 2.75) is 39.2 Å². The first kappa shape index (κ1) is 11.0. The first-order valence-electron chi connectivity index (χ1n) is 5.66. The van der Waals surface area contributed by atoms with Gasteiger partial charge in [0.2, 0.25) is 0 Å². The molecule has 0 bridgehead atoms. The van der Waals surface area contributed by atoms with Crippen molar-refractivity contribution in [3.63, 3.8) is 0 Å². The smallest absolute Gasteiger partial charge is 0.00796 e. The maximum Gasteiger partial charge on any atom is 0.00796 e. The van der Waals surface area contributed by atoms with Crippen LogP contribution in [-0.4, -0.2) is 37.6 Å². The zero-order chi connectivity index (χ0) is 9.68. The van der Waals surface area contributed by atoms with Crippen LogP contribution in [0.4, 0.5) is 0 Å². The molecule has 1 aliphatic heterocycles. The van der Waals surface area contributed by atoms with E-state index in [9.17, 15) is 0 Å². The molecule has 1 heterocycles. The van der Waals surface area contributed by atoms with E-state index in [1.807, 2.05) is 0 Å². The molecule has 0 aromatic rings. The largest absolute Gasteiger partial charge is 0.314 e. The van der Waals surface area contributed by atoms with E-state index in [1.165, 1.54) is 38.9 Å². The first-order chi connectivity index (χ1) is 6.24. The fourth-order valence-corrected chi connectivity index (χ4v) is 2.08. The Kier molecular flexibility index (Phi) is 4.74. The average Bonchev–Trinajstić information content (AvgIpc) is 2.48. The van der Waals surface area contributed by atoms with Crippen LogP contribution in [0.25, 0.3) is 0 Å². The molecular formula is C11H24N2. The summed E-state index contributed by atoms with van der Waals surface area (Å²) in [7, 11) is 2.25. The van der Waals surface area contributed by atoms with Crippen molar-refractivity contribution < 1.29 is 0 Å². The van der Waals surface area contributed by atoms with Crippen molar-refractivity contribution in [2.24, 2.45) is 5.92 Å². The average molecular weight is 184 g/mol. The summed E-state index contributed by atoms with van der Waals surface area (Å²) in [6.07, 6.45) is 4.01. The van der Waals surface area contributed by atoms with Crippen molar-refractivity contribution in [3.8, 4) is 0 Å². The van der Waals surface area contributed by atoms with Gasteiger partial charge in [-0.25, -0.2) is 0 Å². The second-order valence-corrected chi connectivity index (χ2v) is 4.41. The summed E-state index contributed by atoms with van der Waals surface area (Å²) in [4.78, 5) is 2.48. The highest BCUT2D eigenvalue weighted by atomic mass is 15.1. The minimum atomic E-state index is 0.726. The molecule has 2 heteroatoms. The lowest BCUT2D eigenvalue weighted by molar-refractivity contribution is 0.263. The standard InChI is InChI=1S/C11H24N2/c1-4-5-8-13(3)9-11-6-7-12-10(11)2/h10-12H,4-9H2,1-3H3. The molecule has 0 amide bonds. The highest BCUT2D eigenvalue weighted by Gasteiger charge is 2.23. The van der Waals surface area contributed by atoms with E-state index in [2.05, 4.69) is 31.1 Å². The van der Waals surface area contributed by atoms with Gasteiger partial charge in [0, 0.05) is 12.6 Å². The van der Waals surface area contributed by atoms with E-state index in [0.29, 0.717) is 0 Å². The SMILES string of the molecule is CCCCN(C)CC1CCNC1C. The normalized spacial score (nSPS) is 28.6.